The highest BCUT2D eigenvalue weighted by atomic mass is 16.2. The van der Waals surface area contributed by atoms with Gasteiger partial charge in [0.2, 0.25) is 11.8 Å². The molecule has 3 fully saturated rings. The van der Waals surface area contributed by atoms with Gasteiger partial charge in [-0.05, 0) is 67.7 Å². The van der Waals surface area contributed by atoms with Crippen LogP contribution in [0.15, 0.2) is 60.7 Å². The number of carbonyl (C=O) groups is 4. The van der Waals surface area contributed by atoms with Gasteiger partial charge in [0.15, 0.2) is 5.78 Å². The number of benzene rings is 2. The van der Waals surface area contributed by atoms with Gasteiger partial charge < -0.3 is 0 Å². The average molecular weight is 455 g/mol. The summed E-state index contributed by atoms with van der Waals surface area (Å²) in [6.45, 7) is 3.17. The summed E-state index contributed by atoms with van der Waals surface area (Å²) in [6.07, 6.45) is 5.38. The second-order valence-corrected chi connectivity index (χ2v) is 10.1. The number of Topliss-reactive ketones (excluding diaryl/α,β-unsaturated/α-hetero) is 1. The van der Waals surface area contributed by atoms with Gasteiger partial charge in [-0.15, -0.1) is 0 Å². The minimum Gasteiger partial charge on any atom is -0.295 e. The Morgan fingerprint density at radius 1 is 0.941 bits per heavy atom. The van der Waals surface area contributed by atoms with E-state index >= 15 is 0 Å². The second-order valence-electron chi connectivity index (χ2n) is 10.1. The fourth-order valence-electron chi connectivity index (χ4n) is 6.41. The normalized spacial score (nSPS) is 30.2. The fraction of sp³-hybridized carbons (Fsp3) is 0.357. The van der Waals surface area contributed by atoms with Crippen molar-refractivity contribution in [3.8, 4) is 0 Å². The van der Waals surface area contributed by atoms with Gasteiger partial charge in [0.1, 0.15) is 6.67 Å². The molecule has 4 aliphatic carbocycles. The number of imide groups is 1. The van der Waals surface area contributed by atoms with E-state index in [-0.39, 0.29) is 53.8 Å². The van der Waals surface area contributed by atoms with Crippen LogP contribution in [0, 0.1) is 42.4 Å². The van der Waals surface area contributed by atoms with Gasteiger partial charge in [-0.3, -0.25) is 29.0 Å². The molecular formula is C28H26N2O4. The minimum absolute atomic E-state index is 0.119. The number of rotatable bonds is 5. The van der Waals surface area contributed by atoms with Crippen LogP contribution in [-0.4, -0.2) is 35.1 Å². The van der Waals surface area contributed by atoms with Gasteiger partial charge in [0, 0.05) is 16.8 Å². The van der Waals surface area contributed by atoms with Crippen LogP contribution in [-0.2, 0) is 9.59 Å². The molecule has 6 unspecified atom stereocenters. The number of amides is 3. The van der Waals surface area contributed by atoms with Crippen molar-refractivity contribution in [3.05, 3.63) is 77.4 Å². The number of hydrogen-bond donors (Lipinski definition) is 0. The van der Waals surface area contributed by atoms with E-state index in [1.807, 2.05) is 19.1 Å². The Hall–Kier alpha value is -3.54. The molecule has 1 saturated heterocycles. The van der Waals surface area contributed by atoms with Crippen LogP contribution in [0.1, 0.15) is 39.6 Å². The Morgan fingerprint density at radius 2 is 1.59 bits per heavy atom. The van der Waals surface area contributed by atoms with Crippen LogP contribution >= 0.6 is 0 Å². The summed E-state index contributed by atoms with van der Waals surface area (Å²) in [5.74, 6) is -0.115. The number of carbonyl (C=O) groups excluding carboxylic acids is 4. The molecule has 1 aliphatic heterocycles. The molecule has 1 heterocycles. The lowest BCUT2D eigenvalue weighted by atomic mass is 9.63. The topological polar surface area (TPSA) is 74.8 Å². The van der Waals surface area contributed by atoms with Gasteiger partial charge in [0.25, 0.3) is 5.91 Å². The van der Waals surface area contributed by atoms with E-state index in [9.17, 15) is 19.2 Å². The van der Waals surface area contributed by atoms with Crippen molar-refractivity contribution in [2.45, 2.75) is 20.3 Å². The maximum absolute atomic E-state index is 13.7. The Morgan fingerprint density at radius 3 is 2.21 bits per heavy atom. The van der Waals surface area contributed by atoms with Crippen molar-refractivity contribution in [2.24, 2.45) is 35.5 Å². The van der Waals surface area contributed by atoms with Gasteiger partial charge in [-0.25, -0.2) is 0 Å². The third kappa shape index (κ3) is 3.01. The first kappa shape index (κ1) is 21.0. The van der Waals surface area contributed by atoms with Crippen LogP contribution < -0.4 is 4.90 Å². The van der Waals surface area contributed by atoms with Gasteiger partial charge in [-0.1, -0.05) is 42.5 Å². The quantitative estimate of drug-likeness (QED) is 0.391. The van der Waals surface area contributed by atoms with E-state index in [1.165, 1.54) is 16.7 Å². The number of likely N-dealkylation sites (tertiary alicyclic amines) is 1. The molecule has 0 aromatic heterocycles. The molecule has 2 aromatic carbocycles. The molecule has 6 heteroatoms. The zero-order valence-corrected chi connectivity index (χ0v) is 19.2. The Bertz CT molecular complexity index is 1240. The second kappa shape index (κ2) is 7.49. The molecule has 0 spiro atoms. The van der Waals surface area contributed by atoms with Crippen molar-refractivity contribution in [1.82, 2.24) is 4.90 Å². The minimum atomic E-state index is -0.315. The summed E-state index contributed by atoms with van der Waals surface area (Å²) < 4.78 is 0. The van der Waals surface area contributed by atoms with Gasteiger partial charge in [-0.2, -0.15) is 0 Å². The Labute approximate surface area is 198 Å². The van der Waals surface area contributed by atoms with Crippen LogP contribution in [0.5, 0.6) is 0 Å². The lowest BCUT2D eigenvalue weighted by Gasteiger charge is -2.37. The predicted molar refractivity (Wildman–Crippen MR) is 126 cm³/mol. The first-order valence-corrected chi connectivity index (χ1v) is 11.9. The largest absolute Gasteiger partial charge is 0.295 e. The third-order valence-corrected chi connectivity index (χ3v) is 8.22. The molecule has 6 nitrogen and oxygen atoms in total. The van der Waals surface area contributed by atoms with E-state index < -0.39 is 0 Å². The van der Waals surface area contributed by atoms with Crippen molar-refractivity contribution >= 4 is 29.2 Å². The zero-order valence-electron chi connectivity index (χ0n) is 19.2. The number of allylic oxidation sites excluding steroid dienone is 2. The standard InChI is InChI=1S/C28H26N2O4/c1-15-6-3-4-9-19(15)26(32)29(18-8-5-7-17(12-18)16(2)31)14-30-27(33)24-20-10-11-21(23-13-22(20)23)25(24)28(30)34/h3-12,20-25H,13-14H2,1-2H3. The van der Waals surface area contributed by atoms with Crippen molar-refractivity contribution in [3.63, 3.8) is 0 Å². The van der Waals surface area contributed by atoms with Crippen LogP contribution in [0.2, 0.25) is 0 Å². The molecule has 0 radical (unpaired) electrons. The van der Waals surface area contributed by atoms with Crippen molar-refractivity contribution < 1.29 is 19.2 Å². The van der Waals surface area contributed by atoms with Gasteiger partial charge >= 0.3 is 0 Å². The van der Waals surface area contributed by atoms with Crippen LogP contribution in [0.4, 0.5) is 5.69 Å². The number of anilines is 1. The van der Waals surface area contributed by atoms with Gasteiger partial charge in [0.05, 0.1) is 11.8 Å². The molecule has 6 atom stereocenters. The lowest BCUT2D eigenvalue weighted by Crippen LogP contribution is -2.45. The van der Waals surface area contributed by atoms with E-state index in [0.717, 1.165) is 12.0 Å². The smallest absolute Gasteiger partial charge is 0.260 e. The maximum Gasteiger partial charge on any atom is 0.260 e. The number of hydrogen-bond acceptors (Lipinski definition) is 4. The molecule has 5 aliphatic rings. The first-order valence-electron chi connectivity index (χ1n) is 11.9. The van der Waals surface area contributed by atoms with E-state index in [2.05, 4.69) is 12.2 Å². The lowest BCUT2D eigenvalue weighted by molar-refractivity contribution is -0.140. The monoisotopic (exact) mass is 454 g/mol. The molecule has 2 saturated carbocycles. The molecule has 2 aromatic rings. The summed E-state index contributed by atoms with van der Waals surface area (Å²) in [7, 11) is 0. The zero-order chi connectivity index (χ0) is 23.7. The molecule has 0 N–H and O–H groups in total. The molecule has 3 amide bonds. The molecule has 7 rings (SSSR count). The van der Waals surface area contributed by atoms with Crippen LogP contribution in [0.3, 0.4) is 0 Å². The SMILES string of the molecule is CC(=O)c1cccc(N(CN2C(=O)C3C4C=CC(C5CC45)C3C2=O)C(=O)c2ccccc2C)c1. The number of ketones is 1. The first-order chi connectivity index (χ1) is 16.4. The van der Waals surface area contributed by atoms with Crippen LogP contribution in [0.25, 0.3) is 0 Å². The molecule has 172 valence electrons. The number of aryl methyl sites for hydroxylation is 1. The highest BCUT2D eigenvalue weighted by Gasteiger charge is 2.67. The summed E-state index contributed by atoms with van der Waals surface area (Å²) in [6, 6.07) is 14.0. The molecular weight excluding hydrogens is 428 g/mol. The summed E-state index contributed by atoms with van der Waals surface area (Å²) >= 11 is 0. The van der Waals surface area contributed by atoms with Crippen molar-refractivity contribution in [1.29, 1.82) is 0 Å². The fourth-order valence-corrected chi connectivity index (χ4v) is 6.41. The number of nitrogens with zero attached hydrogens (tertiary/aromatic N) is 2. The summed E-state index contributed by atoms with van der Waals surface area (Å²) in [5.41, 5.74) is 2.25. The Balaban J connectivity index is 1.37. The highest BCUT2D eigenvalue weighted by Crippen LogP contribution is 2.65. The van der Waals surface area contributed by atoms with Crippen molar-refractivity contribution in [2.75, 3.05) is 11.6 Å². The van der Waals surface area contributed by atoms with E-state index in [1.54, 1.807) is 36.4 Å². The highest BCUT2D eigenvalue weighted by molar-refractivity contribution is 6.10. The molecule has 2 bridgehead atoms. The predicted octanol–water partition coefficient (Wildman–Crippen LogP) is 3.86. The average Bonchev–Trinajstić information content (AvgIpc) is 3.62. The Kier molecular flexibility index (Phi) is 4.63. The third-order valence-electron chi connectivity index (χ3n) is 8.22. The summed E-state index contributed by atoms with van der Waals surface area (Å²) in [5, 5.41) is 0. The molecule has 34 heavy (non-hydrogen) atoms. The van der Waals surface area contributed by atoms with E-state index in [4.69, 9.17) is 0 Å². The van der Waals surface area contributed by atoms with E-state index in [0.29, 0.717) is 28.7 Å². The summed E-state index contributed by atoms with van der Waals surface area (Å²) in [4.78, 5) is 55.6. The maximum atomic E-state index is 13.7.